The van der Waals surface area contributed by atoms with Crippen LogP contribution in [0.1, 0.15) is 47.7 Å². The Morgan fingerprint density at radius 1 is 1.04 bits per heavy atom. The van der Waals surface area contributed by atoms with Gasteiger partial charge in [0.2, 0.25) is 12.0 Å². The van der Waals surface area contributed by atoms with Crippen molar-refractivity contribution in [3.05, 3.63) is 65.7 Å². The first-order chi connectivity index (χ1) is 13.6. The molecule has 1 heterocycles. The van der Waals surface area contributed by atoms with Crippen LogP contribution < -0.4 is 10.2 Å². The van der Waals surface area contributed by atoms with Gasteiger partial charge in [-0.1, -0.05) is 30.3 Å². The normalized spacial score (nSPS) is 17.3. The second-order valence-corrected chi connectivity index (χ2v) is 7.17. The fourth-order valence-electron chi connectivity index (χ4n) is 3.28. The lowest BCUT2D eigenvalue weighted by Crippen LogP contribution is -2.33. The highest BCUT2D eigenvalue weighted by Crippen LogP contribution is 2.25. The predicted octanol–water partition coefficient (Wildman–Crippen LogP) is 2.99. The maximum Gasteiger partial charge on any atom is 0.339 e. The first kappa shape index (κ1) is 18.2. The summed E-state index contributed by atoms with van der Waals surface area (Å²) in [5.41, 5.74) is 1.74. The second-order valence-electron chi connectivity index (χ2n) is 7.17. The van der Waals surface area contributed by atoms with Crippen LogP contribution in [-0.4, -0.2) is 30.4 Å². The number of carbonyl (C=O) groups is 3. The second kappa shape index (κ2) is 7.84. The summed E-state index contributed by atoms with van der Waals surface area (Å²) in [6.45, 7) is 0.694. The van der Waals surface area contributed by atoms with E-state index in [4.69, 9.17) is 4.74 Å². The summed E-state index contributed by atoms with van der Waals surface area (Å²) in [6.07, 6.45) is 2.32. The Bertz CT molecular complexity index is 875. The molecular weight excluding hydrogens is 356 g/mol. The average molecular weight is 378 g/mol. The van der Waals surface area contributed by atoms with Crippen molar-refractivity contribution >= 4 is 23.5 Å². The summed E-state index contributed by atoms with van der Waals surface area (Å²) in [5, 5.41) is 2.90. The summed E-state index contributed by atoms with van der Waals surface area (Å²) in [5.74, 6) is -0.781. The van der Waals surface area contributed by atoms with Gasteiger partial charge in [0, 0.05) is 30.3 Å². The van der Waals surface area contributed by atoms with Gasteiger partial charge in [0.1, 0.15) is 0 Å². The number of nitrogens with zero attached hydrogens (tertiary/aromatic N) is 1. The van der Waals surface area contributed by atoms with Gasteiger partial charge in [-0.25, -0.2) is 4.79 Å². The maximum absolute atomic E-state index is 12.6. The standard InChI is InChI=1S/C22H22N2O4/c25-19-7-4-14-24(19)18-12-8-16(9-13-18)22(27)28-20(15-5-2-1-3-6-15)21(26)23-17-10-11-17/h1-3,5-6,8-9,12-13,17,20H,4,7,10-11,14H2,(H,23,26). The molecule has 6 heteroatoms. The number of rotatable bonds is 6. The van der Waals surface area contributed by atoms with Crippen LogP contribution >= 0.6 is 0 Å². The van der Waals surface area contributed by atoms with Crippen molar-refractivity contribution in [1.82, 2.24) is 5.32 Å². The van der Waals surface area contributed by atoms with E-state index >= 15 is 0 Å². The Morgan fingerprint density at radius 2 is 1.75 bits per heavy atom. The van der Waals surface area contributed by atoms with E-state index in [0.29, 0.717) is 24.1 Å². The third-order valence-corrected chi connectivity index (χ3v) is 4.98. The van der Waals surface area contributed by atoms with E-state index in [1.165, 1.54) is 0 Å². The van der Waals surface area contributed by atoms with Crippen molar-refractivity contribution in [3.63, 3.8) is 0 Å². The largest absolute Gasteiger partial charge is 0.444 e. The van der Waals surface area contributed by atoms with Crippen LogP contribution in [0.4, 0.5) is 5.69 Å². The Balaban J connectivity index is 1.49. The number of amides is 2. The highest BCUT2D eigenvalue weighted by Gasteiger charge is 2.31. The Kier molecular flexibility index (Phi) is 5.10. The lowest BCUT2D eigenvalue weighted by atomic mass is 10.1. The molecule has 0 bridgehead atoms. The number of benzene rings is 2. The number of nitrogens with one attached hydrogen (secondary N) is 1. The van der Waals surface area contributed by atoms with Gasteiger partial charge >= 0.3 is 5.97 Å². The van der Waals surface area contributed by atoms with Crippen LogP contribution in [0.5, 0.6) is 0 Å². The Hall–Kier alpha value is -3.15. The molecule has 1 saturated carbocycles. The molecule has 4 rings (SSSR count). The molecule has 1 saturated heterocycles. The quantitative estimate of drug-likeness (QED) is 0.784. The topological polar surface area (TPSA) is 75.7 Å². The van der Waals surface area contributed by atoms with Crippen molar-refractivity contribution in [2.75, 3.05) is 11.4 Å². The number of ether oxygens (including phenoxy) is 1. The smallest absolute Gasteiger partial charge is 0.339 e. The van der Waals surface area contributed by atoms with Gasteiger partial charge in [0.25, 0.3) is 5.91 Å². The molecule has 1 N–H and O–H groups in total. The van der Waals surface area contributed by atoms with E-state index in [-0.39, 0.29) is 17.9 Å². The Morgan fingerprint density at radius 3 is 2.36 bits per heavy atom. The third-order valence-electron chi connectivity index (χ3n) is 4.98. The average Bonchev–Trinajstić information content (AvgIpc) is 3.43. The van der Waals surface area contributed by atoms with Gasteiger partial charge in [-0.15, -0.1) is 0 Å². The minimum absolute atomic E-state index is 0.0937. The van der Waals surface area contributed by atoms with E-state index in [9.17, 15) is 14.4 Å². The monoisotopic (exact) mass is 378 g/mol. The molecule has 2 aliphatic rings. The zero-order valence-electron chi connectivity index (χ0n) is 15.5. The first-order valence-electron chi connectivity index (χ1n) is 9.58. The van der Waals surface area contributed by atoms with E-state index in [1.54, 1.807) is 41.3 Å². The van der Waals surface area contributed by atoms with Crippen molar-refractivity contribution < 1.29 is 19.1 Å². The lowest BCUT2D eigenvalue weighted by Gasteiger charge is -2.19. The first-order valence-corrected chi connectivity index (χ1v) is 9.58. The molecule has 0 aromatic heterocycles. The number of hydrogen-bond acceptors (Lipinski definition) is 4. The molecule has 2 amide bonds. The molecule has 144 valence electrons. The van der Waals surface area contributed by atoms with Crippen LogP contribution in [0.3, 0.4) is 0 Å². The number of hydrogen-bond donors (Lipinski definition) is 1. The fraction of sp³-hybridized carbons (Fsp3) is 0.318. The van der Waals surface area contributed by atoms with Crippen LogP contribution in [0, 0.1) is 0 Å². The van der Waals surface area contributed by atoms with Crippen molar-refractivity contribution in [2.24, 2.45) is 0 Å². The summed E-state index contributed by atoms with van der Waals surface area (Å²) in [4.78, 5) is 38.8. The van der Waals surface area contributed by atoms with Crippen LogP contribution in [0.2, 0.25) is 0 Å². The van der Waals surface area contributed by atoms with Gasteiger partial charge in [-0.05, 0) is 43.5 Å². The van der Waals surface area contributed by atoms with Gasteiger partial charge < -0.3 is 15.0 Å². The molecule has 28 heavy (non-hydrogen) atoms. The van der Waals surface area contributed by atoms with Gasteiger partial charge in [0.05, 0.1) is 5.56 Å². The third kappa shape index (κ3) is 4.06. The molecule has 1 atom stereocenters. The summed E-state index contributed by atoms with van der Waals surface area (Å²) < 4.78 is 5.57. The predicted molar refractivity (Wildman–Crippen MR) is 104 cm³/mol. The zero-order valence-corrected chi connectivity index (χ0v) is 15.5. The maximum atomic E-state index is 12.6. The highest BCUT2D eigenvalue weighted by molar-refractivity contribution is 5.97. The minimum Gasteiger partial charge on any atom is -0.444 e. The minimum atomic E-state index is -0.992. The van der Waals surface area contributed by atoms with Crippen molar-refractivity contribution in [1.29, 1.82) is 0 Å². The fourth-order valence-corrected chi connectivity index (χ4v) is 3.28. The highest BCUT2D eigenvalue weighted by atomic mass is 16.5. The van der Waals surface area contributed by atoms with E-state index in [2.05, 4.69) is 5.32 Å². The molecular formula is C22H22N2O4. The molecule has 1 unspecified atom stereocenters. The van der Waals surface area contributed by atoms with Crippen molar-refractivity contribution in [3.8, 4) is 0 Å². The van der Waals surface area contributed by atoms with Crippen LogP contribution in [0.15, 0.2) is 54.6 Å². The molecule has 0 spiro atoms. The van der Waals surface area contributed by atoms with E-state index in [0.717, 1.165) is 24.9 Å². The van der Waals surface area contributed by atoms with Crippen molar-refractivity contribution in [2.45, 2.75) is 37.8 Å². The Labute approximate surface area is 163 Å². The SMILES string of the molecule is O=C(OC(C(=O)NC1CC1)c1ccccc1)c1ccc(N2CCCC2=O)cc1. The number of carbonyl (C=O) groups excluding carboxylic acids is 3. The molecule has 2 aromatic carbocycles. The summed E-state index contributed by atoms with van der Waals surface area (Å²) in [6, 6.07) is 15.9. The van der Waals surface area contributed by atoms with Gasteiger partial charge in [0.15, 0.2) is 0 Å². The van der Waals surface area contributed by atoms with E-state index in [1.807, 2.05) is 18.2 Å². The van der Waals surface area contributed by atoms with E-state index < -0.39 is 12.1 Å². The molecule has 1 aliphatic heterocycles. The molecule has 1 aliphatic carbocycles. The molecule has 2 fully saturated rings. The van der Waals surface area contributed by atoms with Gasteiger partial charge in [-0.2, -0.15) is 0 Å². The number of esters is 1. The van der Waals surface area contributed by atoms with Crippen LogP contribution in [0.25, 0.3) is 0 Å². The molecule has 0 radical (unpaired) electrons. The van der Waals surface area contributed by atoms with Gasteiger partial charge in [-0.3, -0.25) is 9.59 Å². The molecule has 6 nitrogen and oxygen atoms in total. The number of anilines is 1. The summed E-state index contributed by atoms with van der Waals surface area (Å²) >= 11 is 0. The lowest BCUT2D eigenvalue weighted by molar-refractivity contribution is -0.130. The molecule has 2 aromatic rings. The summed E-state index contributed by atoms with van der Waals surface area (Å²) in [7, 11) is 0. The van der Waals surface area contributed by atoms with Crippen LogP contribution in [-0.2, 0) is 14.3 Å². The zero-order chi connectivity index (χ0) is 19.5.